The highest BCUT2D eigenvalue weighted by molar-refractivity contribution is 5.98. The molecular weight excluding hydrogens is 1090 g/mol. The Balaban J connectivity index is 1.03. The number of carbonyl (C=O) groups excluding carboxylic acids is 2. The van der Waals surface area contributed by atoms with Crippen molar-refractivity contribution in [2.45, 2.75) is 178 Å². The van der Waals surface area contributed by atoms with Crippen molar-refractivity contribution in [3.05, 3.63) is 159 Å². The van der Waals surface area contributed by atoms with Crippen molar-refractivity contribution in [3.63, 3.8) is 0 Å². The molecule has 13 atom stereocenters. The lowest BCUT2D eigenvalue weighted by Crippen LogP contribution is -2.61. The molecule has 1 spiro atoms. The Hall–Kier alpha value is -6.19. The number of ether oxygens (including phenoxy) is 1. The third-order valence-electron chi connectivity index (χ3n) is 21.1. The third kappa shape index (κ3) is 14.5. The van der Waals surface area contributed by atoms with E-state index in [1.807, 2.05) is 43.3 Å². The number of ketones is 1. The number of phenols is 1. The Morgan fingerprint density at radius 3 is 2.48 bits per heavy atom. The van der Waals surface area contributed by atoms with Crippen LogP contribution < -0.4 is 33.2 Å². The predicted molar refractivity (Wildman–Crippen MR) is 342 cm³/mol. The van der Waals surface area contributed by atoms with E-state index in [2.05, 4.69) is 76.7 Å². The first-order valence-corrected chi connectivity index (χ1v) is 32.2. The summed E-state index contributed by atoms with van der Waals surface area (Å²) >= 11 is 0. The summed E-state index contributed by atoms with van der Waals surface area (Å²) in [6.07, 6.45) is 17.3. The van der Waals surface area contributed by atoms with Crippen molar-refractivity contribution in [1.82, 2.24) is 16.0 Å². The smallest absolute Gasteiger partial charge is 0.243 e. The molecule has 87 heavy (non-hydrogen) atoms. The first-order valence-electron chi connectivity index (χ1n) is 32.2. The second-order valence-corrected chi connectivity index (χ2v) is 26.6. The van der Waals surface area contributed by atoms with Crippen LogP contribution in [0.15, 0.2) is 130 Å². The van der Waals surface area contributed by atoms with Gasteiger partial charge in [-0.05, 0) is 183 Å². The predicted octanol–water partition coefficient (Wildman–Crippen LogP) is 8.16. The average Bonchev–Trinajstić information content (AvgIpc) is 1.69. The maximum atomic E-state index is 15.4. The number of allylic oxidation sites excluding steroid dienone is 5. The second-order valence-electron chi connectivity index (χ2n) is 26.6. The molecule has 4 aliphatic carbocycles. The Morgan fingerprint density at radius 2 is 1.70 bits per heavy atom. The first-order chi connectivity index (χ1) is 41.9. The number of amides is 1. The number of carbonyl (C=O) groups is 2. The molecule has 15 heteroatoms. The summed E-state index contributed by atoms with van der Waals surface area (Å²) in [6, 6.07) is 19.4. The number of fused-ring (bicyclic) bond motifs is 4. The summed E-state index contributed by atoms with van der Waals surface area (Å²) in [6.45, 7) is 10.1. The van der Waals surface area contributed by atoms with Gasteiger partial charge in [-0.1, -0.05) is 134 Å². The largest absolute Gasteiger partial charge is 0.508 e. The molecule has 0 radical (unpaired) electrons. The molecule has 14 N–H and O–H groups in total. The maximum Gasteiger partial charge on any atom is 0.243 e. The van der Waals surface area contributed by atoms with Crippen molar-refractivity contribution in [2.75, 3.05) is 32.8 Å². The van der Waals surface area contributed by atoms with Gasteiger partial charge in [0, 0.05) is 49.2 Å². The van der Waals surface area contributed by atoms with Gasteiger partial charge in [0.25, 0.3) is 0 Å². The highest BCUT2D eigenvalue weighted by Gasteiger charge is 2.69. The lowest BCUT2D eigenvalue weighted by atomic mass is 9.51. The van der Waals surface area contributed by atoms with Crippen LogP contribution in [0.25, 0.3) is 0 Å². The number of hydrogen-bond donors (Lipinski definition) is 11. The number of rotatable bonds is 8. The SMILES string of the molecule is C=C1C=CC=C(C2C3CCCC4(O)CCC5=C(C)C(=O)Cc6cccc7c6C(NCC(O)C(C(CN=C(N)N)c6ccc(O)cc6)Cc6cccc(c6)CC(O)CCC5C4(C3)C2O)C(=O)NC7N)COCC#CCC(C)=CCC1NCC1CCCCC1. The van der Waals surface area contributed by atoms with Crippen LogP contribution in [-0.2, 0) is 33.6 Å². The Kier molecular flexibility index (Phi) is 20.9. The summed E-state index contributed by atoms with van der Waals surface area (Å²) in [5.41, 5.74) is 25.2. The number of benzene rings is 3. The first kappa shape index (κ1) is 63.8. The fourth-order valence-corrected chi connectivity index (χ4v) is 16.5. The van der Waals surface area contributed by atoms with Gasteiger partial charge < -0.3 is 58.1 Å². The molecule has 7 aliphatic rings. The van der Waals surface area contributed by atoms with Crippen LogP contribution in [0.2, 0.25) is 0 Å². The molecule has 4 saturated carbocycles. The number of nitrogens with one attached hydrogen (secondary N) is 3. The summed E-state index contributed by atoms with van der Waals surface area (Å²) in [5.74, 6) is 4.76. The third-order valence-corrected chi connectivity index (χ3v) is 21.1. The number of aliphatic imine (C=N–C) groups is 1. The molecule has 13 unspecified atom stereocenters. The minimum Gasteiger partial charge on any atom is -0.508 e. The van der Waals surface area contributed by atoms with Crippen LogP contribution in [-0.4, -0.2) is 106 Å². The van der Waals surface area contributed by atoms with Gasteiger partial charge in [0.1, 0.15) is 24.6 Å². The number of aromatic hydroxyl groups is 1. The Bertz CT molecular complexity index is 3180. The van der Waals surface area contributed by atoms with E-state index in [0.717, 1.165) is 59.2 Å². The van der Waals surface area contributed by atoms with Crippen molar-refractivity contribution in [2.24, 2.45) is 57.2 Å². The van der Waals surface area contributed by atoms with Crippen molar-refractivity contribution in [1.29, 1.82) is 0 Å². The van der Waals surface area contributed by atoms with E-state index in [-0.39, 0.29) is 68.1 Å². The van der Waals surface area contributed by atoms with Crippen molar-refractivity contribution in [3.8, 4) is 17.6 Å². The van der Waals surface area contributed by atoms with Gasteiger partial charge in [0.2, 0.25) is 5.91 Å². The van der Waals surface area contributed by atoms with E-state index >= 15 is 4.79 Å². The number of β-amino-alcohol motifs (C(OH)–C–C–N with tert-alkyl or cyclic N) is 1. The maximum absolute atomic E-state index is 15.4. The molecule has 15 nitrogen and oxygen atoms in total. The molecule has 1 amide bonds. The number of guanidine groups is 1. The number of aliphatic hydroxyl groups is 4. The van der Waals surface area contributed by atoms with Crippen molar-refractivity contribution < 1.29 is 39.9 Å². The highest BCUT2D eigenvalue weighted by Crippen LogP contribution is 2.68. The monoisotopic (exact) mass is 1190 g/mol. The lowest BCUT2D eigenvalue weighted by molar-refractivity contribution is -0.181. The standard InChI is InChI=1S/C72H95N7O8/c1-44-13-7-8-34-87-43-53(20-9-14-45(2)61(30-23-44)76-40-47-15-5-4-6-16-47)64-52-21-12-32-71(86)33-31-56-46(3)62(82)38-51-19-11-22-57-65(51)66(69(85)79-68(57)73)77-42-63(83)58(59(41-78-70(74)75)50-24-26-54(80)27-25-50)37-49-18-10-17-48(35-49)36-55(81)28-29-60(56)72(71,39-52)67(64)84/h9-11,14,17-20,22-27,35,47,52,55,58-61,63-64,66-68,76-77,80-81,83-84,86H,2,4-6,12-13,15-16,21,28-34,36-43,73H2,1,3H3,(H,79,85)(H4,74,75,78). The molecule has 3 heterocycles. The normalized spacial score (nSPS) is 32.0. The fourth-order valence-electron chi connectivity index (χ4n) is 16.5. The van der Waals surface area contributed by atoms with Gasteiger partial charge in [-0.25, -0.2) is 0 Å². The summed E-state index contributed by atoms with van der Waals surface area (Å²) in [4.78, 5) is 34.2. The van der Waals surface area contributed by atoms with E-state index in [4.69, 9.17) is 21.9 Å². The summed E-state index contributed by atoms with van der Waals surface area (Å²) < 4.78 is 6.42. The second kappa shape index (κ2) is 28.5. The van der Waals surface area contributed by atoms with E-state index in [1.165, 1.54) is 37.7 Å². The van der Waals surface area contributed by atoms with Crippen LogP contribution in [0.5, 0.6) is 5.75 Å². The van der Waals surface area contributed by atoms with Gasteiger partial charge in [-0.3, -0.25) is 19.9 Å². The van der Waals surface area contributed by atoms with E-state index in [9.17, 15) is 30.3 Å². The van der Waals surface area contributed by atoms with Crippen LogP contribution >= 0.6 is 0 Å². The molecule has 3 aliphatic heterocycles. The minimum absolute atomic E-state index is 0.0134. The molecule has 4 fully saturated rings. The average molecular weight is 1190 g/mol. The minimum atomic E-state index is -1.28. The Labute approximate surface area is 515 Å². The molecule has 4 bridgehead atoms. The van der Waals surface area contributed by atoms with E-state index < -0.39 is 65.2 Å². The number of hydrogen-bond acceptors (Lipinski definition) is 12. The van der Waals surface area contributed by atoms with Gasteiger partial charge in [-0.15, -0.1) is 0 Å². The van der Waals surface area contributed by atoms with E-state index in [1.54, 1.807) is 24.3 Å². The number of nitrogens with two attached hydrogens (primary N) is 3. The van der Waals surface area contributed by atoms with Gasteiger partial charge >= 0.3 is 0 Å². The van der Waals surface area contributed by atoms with Crippen LogP contribution in [0.1, 0.15) is 162 Å². The molecular formula is C72H95N7O8. The number of phenolic OH excluding ortho intramolecular Hbond substituents is 1. The van der Waals surface area contributed by atoms with Crippen molar-refractivity contribution >= 4 is 17.6 Å². The van der Waals surface area contributed by atoms with Gasteiger partial charge in [0.15, 0.2) is 11.7 Å². The number of nitrogens with zero attached hydrogens (tertiary/aromatic N) is 1. The van der Waals surface area contributed by atoms with Gasteiger partial charge in [0.05, 0.1) is 30.5 Å². The number of Topliss-reactive ketones (excluding diaryl/α,β-unsaturated/α-hetero) is 1. The zero-order valence-corrected chi connectivity index (χ0v) is 51.2. The topological polar surface area (TPSA) is 271 Å². The lowest BCUT2D eigenvalue weighted by Gasteiger charge is -2.57. The molecule has 3 aromatic carbocycles. The zero-order valence-electron chi connectivity index (χ0n) is 51.2. The van der Waals surface area contributed by atoms with Crippen LogP contribution in [0.3, 0.4) is 0 Å². The summed E-state index contributed by atoms with van der Waals surface area (Å²) in [7, 11) is 0. The fraction of sp³-hybridized carbons (Fsp3) is 0.542. The number of aliphatic hydroxyl groups excluding tert-OH is 3. The molecule has 0 aromatic heterocycles. The molecule has 10 rings (SSSR count). The molecule has 0 saturated heterocycles. The quantitative estimate of drug-likeness (QED) is 0.0441. The molecule has 466 valence electrons. The van der Waals surface area contributed by atoms with Crippen LogP contribution in [0.4, 0.5) is 0 Å². The summed E-state index contributed by atoms with van der Waals surface area (Å²) in [5, 5.41) is 72.7. The molecule has 3 aromatic rings. The van der Waals surface area contributed by atoms with Gasteiger partial charge in [-0.2, -0.15) is 0 Å². The van der Waals surface area contributed by atoms with Crippen LogP contribution in [0, 0.1) is 46.8 Å². The van der Waals surface area contributed by atoms with E-state index in [0.29, 0.717) is 86.0 Å². The Morgan fingerprint density at radius 1 is 0.931 bits per heavy atom. The highest BCUT2D eigenvalue weighted by atomic mass is 16.5. The zero-order chi connectivity index (χ0) is 61.4.